The normalized spacial score (nSPS) is 43.4. The average molecular weight is 196 g/mol. The molecular formula is C10H16N2O2. The van der Waals surface area contributed by atoms with E-state index in [4.69, 9.17) is 4.74 Å². The Morgan fingerprint density at radius 1 is 1.57 bits per heavy atom. The van der Waals surface area contributed by atoms with E-state index in [1.807, 2.05) is 4.90 Å². The first kappa shape index (κ1) is 8.68. The lowest BCUT2D eigenvalue weighted by Crippen LogP contribution is -2.36. The van der Waals surface area contributed by atoms with E-state index in [-0.39, 0.29) is 11.1 Å². The molecule has 2 saturated carbocycles. The van der Waals surface area contributed by atoms with Gasteiger partial charge < -0.3 is 9.64 Å². The molecule has 1 aliphatic heterocycles. The number of ether oxygens (including phenoxy) is 1. The largest absolute Gasteiger partial charge is 0.376 e. The van der Waals surface area contributed by atoms with Gasteiger partial charge in [0.25, 0.3) is 0 Å². The lowest BCUT2D eigenvalue weighted by Gasteiger charge is -2.18. The lowest BCUT2D eigenvalue weighted by atomic mass is 10.2. The van der Waals surface area contributed by atoms with E-state index in [9.17, 15) is 4.79 Å². The van der Waals surface area contributed by atoms with Gasteiger partial charge >= 0.3 is 0 Å². The number of nitrogens with zero attached hydrogens (tertiary/aromatic N) is 1. The zero-order valence-electron chi connectivity index (χ0n) is 8.67. The minimum atomic E-state index is -0.156. The van der Waals surface area contributed by atoms with Crippen LogP contribution in [0.15, 0.2) is 0 Å². The summed E-state index contributed by atoms with van der Waals surface area (Å²) in [7, 11) is 1.72. The van der Waals surface area contributed by atoms with Gasteiger partial charge in [-0.2, -0.15) is 0 Å². The molecule has 1 saturated heterocycles. The van der Waals surface area contributed by atoms with Crippen LogP contribution in [-0.2, 0) is 9.53 Å². The molecule has 3 fully saturated rings. The van der Waals surface area contributed by atoms with Crippen LogP contribution in [0.5, 0.6) is 0 Å². The fourth-order valence-corrected chi connectivity index (χ4v) is 2.41. The Labute approximate surface area is 83.6 Å². The van der Waals surface area contributed by atoms with Crippen molar-refractivity contribution in [3.05, 3.63) is 0 Å². The zero-order valence-corrected chi connectivity index (χ0v) is 8.67. The Hall–Kier alpha value is -0.610. The molecule has 3 rings (SSSR count). The number of carbonyl (C=O) groups excluding carboxylic acids is 1. The fraction of sp³-hybridized carbons (Fsp3) is 0.900. The molecule has 1 N–H and O–H groups in total. The molecule has 2 atom stereocenters. The van der Waals surface area contributed by atoms with Crippen LogP contribution in [0.4, 0.5) is 0 Å². The Morgan fingerprint density at radius 2 is 2.29 bits per heavy atom. The number of methoxy groups -OCH3 is 1. The van der Waals surface area contributed by atoms with Gasteiger partial charge in [0.15, 0.2) is 0 Å². The third-order valence-electron chi connectivity index (χ3n) is 3.99. The van der Waals surface area contributed by atoms with Crippen molar-refractivity contribution in [2.45, 2.75) is 43.4 Å². The third-order valence-corrected chi connectivity index (χ3v) is 3.99. The highest BCUT2D eigenvalue weighted by atomic mass is 16.5. The maximum atomic E-state index is 12.0. The molecule has 0 radical (unpaired) electrons. The molecule has 0 aromatic carbocycles. The van der Waals surface area contributed by atoms with Gasteiger partial charge in [-0.1, -0.05) is 0 Å². The summed E-state index contributed by atoms with van der Waals surface area (Å²) in [6.45, 7) is 2.78. The molecule has 0 bridgehead atoms. The maximum absolute atomic E-state index is 12.0. The van der Waals surface area contributed by atoms with E-state index in [0.29, 0.717) is 18.6 Å². The van der Waals surface area contributed by atoms with E-state index < -0.39 is 0 Å². The number of hydrogen-bond donors (Lipinski definition) is 1. The van der Waals surface area contributed by atoms with Crippen LogP contribution in [-0.4, -0.2) is 41.8 Å². The zero-order chi connectivity index (χ0) is 9.97. The Morgan fingerprint density at radius 3 is 2.71 bits per heavy atom. The lowest BCUT2D eigenvalue weighted by molar-refractivity contribution is -0.131. The highest BCUT2D eigenvalue weighted by Crippen LogP contribution is 2.48. The summed E-state index contributed by atoms with van der Waals surface area (Å²) in [5.41, 5.74) is -0.241. The van der Waals surface area contributed by atoms with Crippen LogP contribution in [0.25, 0.3) is 0 Å². The first-order chi connectivity index (χ1) is 6.61. The Kier molecular flexibility index (Phi) is 1.43. The number of carbonyl (C=O) groups is 1. The molecule has 2 aliphatic carbocycles. The first-order valence-electron chi connectivity index (χ1n) is 5.23. The van der Waals surface area contributed by atoms with Crippen molar-refractivity contribution in [3.63, 3.8) is 0 Å². The standard InChI is InChI=1S/C10H16N2O2/c1-9(14-2)5-7(9)12-6-11-10(3-4-10)8(12)13/h7,11H,3-6H2,1-2H3/t7-,9+/m1/s1. The Bertz CT molecular complexity index is 300. The molecule has 1 spiro atoms. The fourth-order valence-electron chi connectivity index (χ4n) is 2.41. The van der Waals surface area contributed by atoms with Crippen molar-refractivity contribution in [2.75, 3.05) is 13.8 Å². The average Bonchev–Trinajstić information content (AvgIpc) is 3.03. The van der Waals surface area contributed by atoms with E-state index in [1.165, 1.54) is 0 Å². The predicted octanol–water partition coefficient (Wildman–Crippen LogP) is 0.0857. The van der Waals surface area contributed by atoms with Crippen LogP contribution in [0.2, 0.25) is 0 Å². The van der Waals surface area contributed by atoms with Crippen molar-refractivity contribution in [3.8, 4) is 0 Å². The molecule has 0 unspecified atom stereocenters. The molecular weight excluding hydrogens is 180 g/mol. The van der Waals surface area contributed by atoms with Crippen LogP contribution in [0, 0.1) is 0 Å². The minimum absolute atomic E-state index is 0.0856. The summed E-state index contributed by atoms with van der Waals surface area (Å²) in [5, 5.41) is 3.31. The molecule has 4 nitrogen and oxygen atoms in total. The highest BCUT2D eigenvalue weighted by molar-refractivity contribution is 5.91. The van der Waals surface area contributed by atoms with Crippen LogP contribution < -0.4 is 5.32 Å². The smallest absolute Gasteiger partial charge is 0.244 e. The van der Waals surface area contributed by atoms with Gasteiger partial charge in [0, 0.05) is 13.5 Å². The van der Waals surface area contributed by atoms with E-state index in [0.717, 1.165) is 19.3 Å². The predicted molar refractivity (Wildman–Crippen MR) is 50.6 cm³/mol. The van der Waals surface area contributed by atoms with Gasteiger partial charge in [-0.05, 0) is 19.8 Å². The quantitative estimate of drug-likeness (QED) is 0.680. The molecule has 4 heteroatoms. The van der Waals surface area contributed by atoms with Crippen LogP contribution in [0.1, 0.15) is 26.2 Å². The van der Waals surface area contributed by atoms with E-state index >= 15 is 0 Å². The van der Waals surface area contributed by atoms with Crippen molar-refractivity contribution in [1.29, 1.82) is 0 Å². The number of hydrogen-bond acceptors (Lipinski definition) is 3. The van der Waals surface area contributed by atoms with Gasteiger partial charge in [0.1, 0.15) is 0 Å². The molecule has 78 valence electrons. The third kappa shape index (κ3) is 0.929. The topological polar surface area (TPSA) is 41.6 Å². The van der Waals surface area contributed by atoms with Crippen molar-refractivity contribution in [2.24, 2.45) is 0 Å². The summed E-state index contributed by atoms with van der Waals surface area (Å²) in [6.07, 6.45) is 3.00. The summed E-state index contributed by atoms with van der Waals surface area (Å²) in [6, 6.07) is 0.299. The van der Waals surface area contributed by atoms with Gasteiger partial charge in [-0.3, -0.25) is 10.1 Å². The van der Waals surface area contributed by atoms with Crippen molar-refractivity contribution < 1.29 is 9.53 Å². The van der Waals surface area contributed by atoms with Crippen LogP contribution >= 0.6 is 0 Å². The minimum Gasteiger partial charge on any atom is -0.376 e. The van der Waals surface area contributed by atoms with Gasteiger partial charge in [-0.15, -0.1) is 0 Å². The van der Waals surface area contributed by atoms with E-state index in [1.54, 1.807) is 7.11 Å². The van der Waals surface area contributed by atoms with E-state index in [2.05, 4.69) is 12.2 Å². The number of rotatable bonds is 2. The monoisotopic (exact) mass is 196 g/mol. The van der Waals surface area contributed by atoms with Crippen LogP contribution in [0.3, 0.4) is 0 Å². The highest BCUT2D eigenvalue weighted by Gasteiger charge is 2.63. The van der Waals surface area contributed by atoms with Gasteiger partial charge in [-0.25, -0.2) is 0 Å². The summed E-state index contributed by atoms with van der Waals surface area (Å²) < 4.78 is 5.39. The maximum Gasteiger partial charge on any atom is 0.244 e. The molecule has 1 amide bonds. The molecule has 14 heavy (non-hydrogen) atoms. The first-order valence-corrected chi connectivity index (χ1v) is 5.23. The van der Waals surface area contributed by atoms with Gasteiger partial charge in [0.05, 0.1) is 23.9 Å². The molecule has 3 aliphatic rings. The van der Waals surface area contributed by atoms with Gasteiger partial charge in [0.2, 0.25) is 5.91 Å². The summed E-state index contributed by atoms with van der Waals surface area (Å²) >= 11 is 0. The number of nitrogens with one attached hydrogen (secondary N) is 1. The van der Waals surface area contributed by atoms with Crippen molar-refractivity contribution in [1.82, 2.24) is 10.2 Å². The molecule has 0 aromatic rings. The SMILES string of the molecule is CO[C@@]1(C)C[C@H]1N1CNC2(CC2)C1=O. The number of amides is 1. The summed E-state index contributed by atoms with van der Waals surface area (Å²) in [5.74, 6) is 0.295. The second-order valence-corrected chi connectivity index (χ2v) is 4.93. The Balaban J connectivity index is 1.74. The second kappa shape index (κ2) is 2.31. The second-order valence-electron chi connectivity index (χ2n) is 4.93. The molecule has 0 aromatic heterocycles. The summed E-state index contributed by atoms with van der Waals surface area (Å²) in [4.78, 5) is 13.9. The molecule has 1 heterocycles. The van der Waals surface area contributed by atoms with Crippen molar-refractivity contribution >= 4 is 5.91 Å².